The Balaban J connectivity index is 1.92. The number of fused-ring (bicyclic) bond motifs is 1. The highest BCUT2D eigenvalue weighted by Crippen LogP contribution is 2.39. The molecule has 22 heavy (non-hydrogen) atoms. The number of phenolic OH excluding ortho intramolecular Hbond substituents is 1. The van der Waals surface area contributed by atoms with Gasteiger partial charge in [0.15, 0.2) is 11.5 Å². The Labute approximate surface area is 134 Å². The second-order valence-corrected chi connectivity index (χ2v) is 6.80. The van der Waals surface area contributed by atoms with Crippen molar-refractivity contribution in [1.82, 2.24) is 4.90 Å². The number of phenols is 1. The van der Waals surface area contributed by atoms with Crippen LogP contribution >= 0.6 is 11.3 Å². The van der Waals surface area contributed by atoms with Gasteiger partial charge in [0.1, 0.15) is 6.61 Å². The zero-order chi connectivity index (χ0) is 15.5. The Bertz CT molecular complexity index is 653. The van der Waals surface area contributed by atoms with Crippen molar-refractivity contribution in [3.05, 3.63) is 34.7 Å². The van der Waals surface area contributed by atoms with E-state index in [1.54, 1.807) is 24.5 Å². The van der Waals surface area contributed by atoms with Crippen LogP contribution in [0, 0.1) is 6.92 Å². The molecule has 2 aromatic rings. The molecule has 1 N–H and O–H groups in total. The van der Waals surface area contributed by atoms with Crippen LogP contribution in [0.15, 0.2) is 24.3 Å². The molecule has 5 heteroatoms. The molecule has 0 radical (unpaired) electrons. The lowest BCUT2D eigenvalue weighted by Crippen LogP contribution is -2.29. The normalized spacial score (nSPS) is 15.2. The fourth-order valence-corrected chi connectivity index (χ4v) is 3.55. The summed E-state index contributed by atoms with van der Waals surface area (Å²) in [4.78, 5) is 4.73. The van der Waals surface area contributed by atoms with Crippen LogP contribution in [-0.4, -0.2) is 43.4 Å². The maximum atomic E-state index is 10.3. The summed E-state index contributed by atoms with van der Waals surface area (Å²) in [5.74, 6) is 0.851. The van der Waals surface area contributed by atoms with Crippen LogP contribution in [-0.2, 0) is 11.3 Å². The van der Waals surface area contributed by atoms with Crippen LogP contribution in [0.25, 0.3) is 10.4 Å². The van der Waals surface area contributed by atoms with E-state index in [0.29, 0.717) is 19.0 Å². The quantitative estimate of drug-likeness (QED) is 0.939. The van der Waals surface area contributed by atoms with Crippen molar-refractivity contribution in [2.24, 2.45) is 0 Å². The molecule has 0 atom stereocenters. The van der Waals surface area contributed by atoms with E-state index in [1.807, 2.05) is 0 Å². The molecule has 0 unspecified atom stereocenters. The summed E-state index contributed by atoms with van der Waals surface area (Å²) in [7, 11) is 1.71. The maximum absolute atomic E-state index is 10.3. The van der Waals surface area contributed by atoms with E-state index in [4.69, 9.17) is 9.47 Å². The number of hydrogen-bond donors (Lipinski definition) is 1. The van der Waals surface area contributed by atoms with Crippen molar-refractivity contribution in [1.29, 1.82) is 0 Å². The molecule has 4 nitrogen and oxygen atoms in total. The first-order valence-corrected chi connectivity index (χ1v) is 8.26. The highest BCUT2D eigenvalue weighted by molar-refractivity contribution is 7.15. The van der Waals surface area contributed by atoms with Crippen LogP contribution in [0.3, 0.4) is 0 Å². The number of aryl methyl sites for hydroxylation is 1. The number of aromatic hydroxyl groups is 1. The fourth-order valence-electron chi connectivity index (χ4n) is 2.70. The molecule has 0 saturated carbocycles. The van der Waals surface area contributed by atoms with Crippen molar-refractivity contribution in [3.63, 3.8) is 0 Å². The summed E-state index contributed by atoms with van der Waals surface area (Å²) in [6, 6.07) is 8.13. The summed E-state index contributed by atoms with van der Waals surface area (Å²) in [5, 5.41) is 10.3. The van der Waals surface area contributed by atoms with Gasteiger partial charge in [0, 0.05) is 42.1 Å². The van der Waals surface area contributed by atoms with Gasteiger partial charge in [-0.15, -0.1) is 11.3 Å². The van der Waals surface area contributed by atoms with E-state index in [-0.39, 0.29) is 5.75 Å². The number of thiophene rings is 1. The second kappa shape index (κ2) is 6.69. The van der Waals surface area contributed by atoms with Crippen molar-refractivity contribution < 1.29 is 14.6 Å². The molecule has 0 saturated heterocycles. The van der Waals surface area contributed by atoms with Gasteiger partial charge in [0.05, 0.1) is 6.61 Å². The zero-order valence-corrected chi connectivity index (χ0v) is 13.8. The molecule has 0 amide bonds. The van der Waals surface area contributed by atoms with Crippen LogP contribution < -0.4 is 4.74 Å². The first kappa shape index (κ1) is 15.3. The molecule has 118 valence electrons. The number of benzene rings is 1. The minimum absolute atomic E-state index is 0.229. The third-order valence-electron chi connectivity index (χ3n) is 3.83. The summed E-state index contributed by atoms with van der Waals surface area (Å²) < 4.78 is 10.9. The predicted octanol–water partition coefficient (Wildman–Crippen LogP) is 3.27. The van der Waals surface area contributed by atoms with E-state index >= 15 is 0 Å². The lowest BCUT2D eigenvalue weighted by molar-refractivity contribution is 0.138. The predicted molar refractivity (Wildman–Crippen MR) is 88.8 cm³/mol. The van der Waals surface area contributed by atoms with Gasteiger partial charge < -0.3 is 14.6 Å². The molecule has 1 aliphatic rings. The first-order valence-electron chi connectivity index (χ1n) is 7.44. The minimum Gasteiger partial charge on any atom is -0.504 e. The topological polar surface area (TPSA) is 41.9 Å². The van der Waals surface area contributed by atoms with Crippen LogP contribution in [0.2, 0.25) is 0 Å². The Kier molecular flexibility index (Phi) is 4.66. The number of ether oxygens (including phenoxy) is 2. The molecule has 0 spiro atoms. The standard InChI is InChI=1S/C17H21NO3S/c1-12-3-4-16(22-12)13-9-14-11-18(5-7-20-2)6-8-21-17(14)15(19)10-13/h3-4,9-10,19H,5-8,11H2,1-2H3. The number of methoxy groups -OCH3 is 1. The summed E-state index contributed by atoms with van der Waals surface area (Å²) in [5.41, 5.74) is 2.08. The number of nitrogens with zero attached hydrogens (tertiary/aromatic N) is 1. The fraction of sp³-hybridized carbons (Fsp3) is 0.412. The lowest BCUT2D eigenvalue weighted by atomic mass is 10.1. The van der Waals surface area contributed by atoms with Gasteiger partial charge in [-0.1, -0.05) is 0 Å². The molecule has 3 rings (SSSR count). The van der Waals surface area contributed by atoms with Crippen molar-refractivity contribution in [2.45, 2.75) is 13.5 Å². The van der Waals surface area contributed by atoms with Gasteiger partial charge in [-0.05, 0) is 36.8 Å². The Hall–Kier alpha value is -1.56. The largest absolute Gasteiger partial charge is 0.504 e. The van der Waals surface area contributed by atoms with Gasteiger partial charge in [0.25, 0.3) is 0 Å². The van der Waals surface area contributed by atoms with E-state index in [0.717, 1.165) is 30.8 Å². The molecular weight excluding hydrogens is 298 g/mol. The molecule has 1 aromatic carbocycles. The van der Waals surface area contributed by atoms with E-state index in [2.05, 4.69) is 30.0 Å². The maximum Gasteiger partial charge on any atom is 0.165 e. The van der Waals surface area contributed by atoms with Crippen LogP contribution in [0.4, 0.5) is 0 Å². The molecule has 1 aromatic heterocycles. The Morgan fingerprint density at radius 3 is 2.95 bits per heavy atom. The van der Waals surface area contributed by atoms with Crippen LogP contribution in [0.5, 0.6) is 11.5 Å². The van der Waals surface area contributed by atoms with Crippen molar-refractivity contribution >= 4 is 11.3 Å². The molecule has 0 aliphatic carbocycles. The smallest absolute Gasteiger partial charge is 0.165 e. The lowest BCUT2D eigenvalue weighted by Gasteiger charge is -2.18. The number of hydrogen-bond acceptors (Lipinski definition) is 5. The summed E-state index contributed by atoms with van der Waals surface area (Å²) in [6.07, 6.45) is 0. The SMILES string of the molecule is COCCN1CCOc2c(O)cc(-c3ccc(C)s3)cc2C1. The van der Waals surface area contributed by atoms with Gasteiger partial charge in [0.2, 0.25) is 0 Å². The van der Waals surface area contributed by atoms with Gasteiger partial charge >= 0.3 is 0 Å². The van der Waals surface area contributed by atoms with E-state index in [9.17, 15) is 5.11 Å². The van der Waals surface area contributed by atoms with Crippen molar-refractivity contribution in [2.75, 3.05) is 33.4 Å². The van der Waals surface area contributed by atoms with Gasteiger partial charge in [-0.25, -0.2) is 0 Å². The third-order valence-corrected chi connectivity index (χ3v) is 4.88. The third kappa shape index (κ3) is 3.27. The average Bonchev–Trinajstić information content (AvgIpc) is 2.81. The zero-order valence-electron chi connectivity index (χ0n) is 13.0. The van der Waals surface area contributed by atoms with Gasteiger partial charge in [-0.3, -0.25) is 4.90 Å². The first-order chi connectivity index (χ1) is 10.7. The highest BCUT2D eigenvalue weighted by Gasteiger charge is 2.19. The highest BCUT2D eigenvalue weighted by atomic mass is 32.1. The molecular formula is C17H21NO3S. The molecule has 0 fully saturated rings. The number of rotatable bonds is 4. The minimum atomic E-state index is 0.229. The van der Waals surface area contributed by atoms with Crippen LogP contribution in [0.1, 0.15) is 10.4 Å². The second-order valence-electron chi connectivity index (χ2n) is 5.51. The molecule has 1 aliphatic heterocycles. The van der Waals surface area contributed by atoms with Crippen molar-refractivity contribution in [3.8, 4) is 21.9 Å². The summed E-state index contributed by atoms with van der Waals surface area (Å²) in [6.45, 7) is 5.84. The van der Waals surface area contributed by atoms with Gasteiger partial charge in [-0.2, -0.15) is 0 Å². The molecule has 0 bridgehead atoms. The van der Waals surface area contributed by atoms with E-state index < -0.39 is 0 Å². The Morgan fingerprint density at radius 2 is 2.23 bits per heavy atom. The molecule has 2 heterocycles. The Morgan fingerprint density at radius 1 is 1.36 bits per heavy atom. The van der Waals surface area contributed by atoms with E-state index in [1.165, 1.54) is 9.75 Å². The monoisotopic (exact) mass is 319 g/mol. The summed E-state index contributed by atoms with van der Waals surface area (Å²) >= 11 is 1.73. The average molecular weight is 319 g/mol.